The molecule has 0 atom stereocenters. The fraction of sp³-hybridized carbons (Fsp3) is 0.350. The first-order valence-corrected chi connectivity index (χ1v) is 9.45. The summed E-state index contributed by atoms with van der Waals surface area (Å²) in [5.74, 6) is -0.636. The molecule has 0 aliphatic heterocycles. The van der Waals surface area contributed by atoms with Gasteiger partial charge in [-0.05, 0) is 67.1 Å². The maximum absolute atomic E-state index is 12.3. The summed E-state index contributed by atoms with van der Waals surface area (Å²) >= 11 is -0.222. The van der Waals surface area contributed by atoms with Crippen molar-refractivity contribution in [2.24, 2.45) is 0 Å². The molecular weight excluding hydrogens is 375 g/mol. The van der Waals surface area contributed by atoms with E-state index in [1.54, 1.807) is 26.0 Å². The van der Waals surface area contributed by atoms with Gasteiger partial charge in [-0.2, -0.15) is 13.2 Å². The van der Waals surface area contributed by atoms with Crippen molar-refractivity contribution in [3.8, 4) is 5.75 Å². The van der Waals surface area contributed by atoms with Crippen molar-refractivity contribution in [1.29, 1.82) is 0 Å². The molecule has 2 rings (SSSR count). The van der Waals surface area contributed by atoms with Gasteiger partial charge in [0.2, 0.25) is 0 Å². The number of carbonyl (C=O) groups excluding carboxylic acids is 1. The van der Waals surface area contributed by atoms with Crippen LogP contribution in [0.1, 0.15) is 49.2 Å². The molecule has 0 saturated carbocycles. The first-order valence-electron chi connectivity index (χ1n) is 8.63. The van der Waals surface area contributed by atoms with Crippen molar-refractivity contribution in [1.82, 2.24) is 0 Å². The van der Waals surface area contributed by atoms with E-state index in [1.165, 1.54) is 24.3 Å². The topological polar surface area (TPSA) is 49.3 Å². The fourth-order valence-corrected chi connectivity index (χ4v) is 2.61. The number of phenols is 1. The molecule has 0 heterocycles. The molecule has 27 heavy (non-hydrogen) atoms. The van der Waals surface area contributed by atoms with Crippen LogP contribution < -0.4 is 5.32 Å². The molecule has 2 aromatic rings. The minimum absolute atomic E-state index is 0.0322. The van der Waals surface area contributed by atoms with Crippen molar-refractivity contribution >= 4 is 23.4 Å². The van der Waals surface area contributed by atoms with Crippen LogP contribution in [-0.2, 0) is 0 Å². The minimum Gasteiger partial charge on any atom is -0.507 e. The van der Waals surface area contributed by atoms with Crippen LogP contribution in [0.3, 0.4) is 0 Å². The van der Waals surface area contributed by atoms with Crippen LogP contribution in [0.5, 0.6) is 5.75 Å². The summed E-state index contributed by atoms with van der Waals surface area (Å²) in [6, 6.07) is 8.60. The fourth-order valence-electron chi connectivity index (χ4n) is 2.07. The molecule has 2 aromatic carbocycles. The van der Waals surface area contributed by atoms with Crippen molar-refractivity contribution in [2.75, 3.05) is 5.32 Å². The van der Waals surface area contributed by atoms with E-state index in [0.29, 0.717) is 11.3 Å². The first kappa shape index (κ1) is 24.8. The summed E-state index contributed by atoms with van der Waals surface area (Å²) in [6.07, 6.45) is 0. The van der Waals surface area contributed by atoms with Gasteiger partial charge in [0.05, 0.1) is 5.56 Å². The summed E-state index contributed by atoms with van der Waals surface area (Å²) in [7, 11) is 0. The number of aryl methyl sites for hydroxylation is 2. The van der Waals surface area contributed by atoms with Gasteiger partial charge in [0, 0.05) is 10.6 Å². The number of hydrogen-bond donors (Lipinski definition) is 2. The third-order valence-electron chi connectivity index (χ3n) is 3.04. The number of amides is 1. The lowest BCUT2D eigenvalue weighted by Gasteiger charge is -2.11. The second-order valence-electron chi connectivity index (χ2n) is 5.00. The molecule has 0 saturated heterocycles. The number of benzene rings is 2. The van der Waals surface area contributed by atoms with E-state index in [9.17, 15) is 23.1 Å². The Hall–Kier alpha value is -2.15. The third kappa shape index (κ3) is 8.39. The van der Waals surface area contributed by atoms with E-state index in [0.717, 1.165) is 5.56 Å². The molecule has 0 spiro atoms. The van der Waals surface area contributed by atoms with Crippen LogP contribution in [0.2, 0.25) is 0 Å². The molecule has 1 amide bonds. The largest absolute Gasteiger partial charge is 0.507 e. The van der Waals surface area contributed by atoms with Crippen LogP contribution >= 0.6 is 11.8 Å². The number of phenolic OH excluding ortho intramolecular Hbond substituents is 1. The van der Waals surface area contributed by atoms with Gasteiger partial charge >= 0.3 is 5.51 Å². The van der Waals surface area contributed by atoms with Crippen molar-refractivity contribution in [3.05, 3.63) is 53.1 Å². The van der Waals surface area contributed by atoms with Gasteiger partial charge < -0.3 is 10.4 Å². The lowest BCUT2D eigenvalue weighted by atomic mass is 10.0. The van der Waals surface area contributed by atoms with E-state index in [1.807, 2.05) is 27.7 Å². The lowest BCUT2D eigenvalue weighted by Crippen LogP contribution is -2.12. The Balaban J connectivity index is 0.00000158. The number of hydrogen-bond acceptors (Lipinski definition) is 3. The molecule has 0 aliphatic rings. The lowest BCUT2D eigenvalue weighted by molar-refractivity contribution is -0.0328. The Labute approximate surface area is 163 Å². The molecule has 7 heteroatoms. The molecule has 0 aromatic heterocycles. The smallest absolute Gasteiger partial charge is 0.446 e. The zero-order chi connectivity index (χ0) is 21.2. The van der Waals surface area contributed by atoms with E-state index in [2.05, 4.69) is 5.32 Å². The monoisotopic (exact) mass is 401 g/mol. The Morgan fingerprint density at radius 2 is 1.52 bits per heavy atom. The highest BCUT2D eigenvalue weighted by Gasteiger charge is 2.29. The van der Waals surface area contributed by atoms with Crippen molar-refractivity contribution in [3.63, 3.8) is 0 Å². The number of halogens is 3. The van der Waals surface area contributed by atoms with Gasteiger partial charge in [0.1, 0.15) is 5.75 Å². The van der Waals surface area contributed by atoms with Crippen LogP contribution in [0.15, 0.2) is 41.3 Å². The summed E-state index contributed by atoms with van der Waals surface area (Å²) in [6.45, 7) is 11.5. The van der Waals surface area contributed by atoms with E-state index in [4.69, 9.17) is 0 Å². The SMILES string of the molecule is CC.CC.Cc1cc(C)c(O)c(C(=O)Nc2ccc(SC(F)(F)F)cc2)c1. The Kier molecular flexibility index (Phi) is 10.6. The standard InChI is InChI=1S/C16H14F3NO2S.2C2H6/c1-9-7-10(2)14(21)13(8-9)15(22)20-11-3-5-12(6-4-11)23-16(17,18)19;2*1-2/h3-8,21H,1-2H3,(H,20,22);2*1-2H3. The van der Waals surface area contributed by atoms with Gasteiger partial charge in [-0.25, -0.2) is 0 Å². The quantitative estimate of drug-likeness (QED) is 0.549. The number of aromatic hydroxyl groups is 1. The summed E-state index contributed by atoms with van der Waals surface area (Å²) < 4.78 is 36.8. The average Bonchev–Trinajstić information content (AvgIpc) is 2.62. The Morgan fingerprint density at radius 3 is 2.00 bits per heavy atom. The molecule has 0 fully saturated rings. The number of rotatable bonds is 3. The number of carbonyl (C=O) groups is 1. The average molecular weight is 401 g/mol. The highest BCUT2D eigenvalue weighted by Crippen LogP contribution is 2.37. The van der Waals surface area contributed by atoms with Crippen molar-refractivity contribution < 1.29 is 23.1 Å². The van der Waals surface area contributed by atoms with Gasteiger partial charge in [0.15, 0.2) is 0 Å². The van der Waals surface area contributed by atoms with E-state index >= 15 is 0 Å². The van der Waals surface area contributed by atoms with Gasteiger partial charge in [-0.1, -0.05) is 33.8 Å². The Bertz CT molecular complexity index is 729. The van der Waals surface area contributed by atoms with Gasteiger partial charge in [-0.3, -0.25) is 4.79 Å². The molecular formula is C20H26F3NO2S. The van der Waals surface area contributed by atoms with Crippen LogP contribution in [-0.4, -0.2) is 16.5 Å². The minimum atomic E-state index is -4.35. The Morgan fingerprint density at radius 1 is 1.00 bits per heavy atom. The molecule has 150 valence electrons. The highest BCUT2D eigenvalue weighted by atomic mass is 32.2. The van der Waals surface area contributed by atoms with Crippen LogP contribution in [0.25, 0.3) is 0 Å². The van der Waals surface area contributed by atoms with Crippen molar-refractivity contribution in [2.45, 2.75) is 51.9 Å². The third-order valence-corrected chi connectivity index (χ3v) is 3.77. The van der Waals surface area contributed by atoms with E-state index in [-0.39, 0.29) is 28.0 Å². The predicted molar refractivity (Wildman–Crippen MR) is 107 cm³/mol. The molecule has 0 radical (unpaired) electrons. The summed E-state index contributed by atoms with van der Waals surface area (Å²) in [4.78, 5) is 12.2. The normalized spacial score (nSPS) is 10.1. The zero-order valence-corrected chi connectivity index (χ0v) is 17.2. The number of anilines is 1. The maximum Gasteiger partial charge on any atom is 0.446 e. The maximum atomic E-state index is 12.3. The molecule has 0 aliphatic carbocycles. The molecule has 3 nitrogen and oxygen atoms in total. The number of thioether (sulfide) groups is 1. The zero-order valence-electron chi connectivity index (χ0n) is 16.4. The number of alkyl halides is 3. The van der Waals surface area contributed by atoms with Crippen LogP contribution in [0.4, 0.5) is 18.9 Å². The first-order chi connectivity index (χ1) is 12.7. The molecule has 2 N–H and O–H groups in total. The van der Waals surface area contributed by atoms with E-state index < -0.39 is 11.4 Å². The summed E-state index contributed by atoms with van der Waals surface area (Å²) in [5, 5.41) is 12.5. The highest BCUT2D eigenvalue weighted by molar-refractivity contribution is 8.00. The predicted octanol–water partition coefficient (Wildman–Crippen LogP) is 6.93. The number of nitrogens with one attached hydrogen (secondary N) is 1. The second kappa shape index (κ2) is 11.5. The second-order valence-corrected chi connectivity index (χ2v) is 6.14. The van der Waals surface area contributed by atoms with Gasteiger partial charge in [-0.15, -0.1) is 0 Å². The van der Waals surface area contributed by atoms with Gasteiger partial charge in [0.25, 0.3) is 5.91 Å². The molecule has 0 bridgehead atoms. The summed E-state index contributed by atoms with van der Waals surface area (Å²) in [5.41, 5.74) is -2.49. The molecule has 0 unspecified atom stereocenters. The van der Waals surface area contributed by atoms with Crippen LogP contribution in [0, 0.1) is 13.8 Å².